The van der Waals surface area contributed by atoms with E-state index in [0.717, 1.165) is 0 Å². The van der Waals surface area contributed by atoms with Gasteiger partial charge >= 0.3 is 18.6 Å². The molecule has 0 heterocycles. The lowest BCUT2D eigenvalue weighted by atomic mass is 10.1. The molecule has 0 aliphatic rings. The van der Waals surface area contributed by atoms with Gasteiger partial charge in [0.2, 0.25) is 0 Å². The van der Waals surface area contributed by atoms with Gasteiger partial charge in [0, 0.05) is 6.08 Å². The lowest BCUT2D eigenvalue weighted by Gasteiger charge is -2.10. The molecule has 0 spiro atoms. The van der Waals surface area contributed by atoms with Gasteiger partial charge in [-0.25, -0.2) is 9.59 Å². The van der Waals surface area contributed by atoms with Gasteiger partial charge in [0.05, 0.1) is 19.8 Å². The number of hydrogen-bond acceptors (Lipinski definition) is 6. The minimum absolute atomic E-state index is 0.0293. The maximum absolute atomic E-state index is 12.3. The molecule has 0 N–H and O–H groups in total. The molecular weight excluding hydrogens is 374 g/mol. The Balaban J connectivity index is 1.97. The maximum atomic E-state index is 12.3. The molecule has 8 heteroatoms. The molecule has 0 atom stereocenters. The molecule has 0 aliphatic carbocycles. The Morgan fingerprint density at radius 1 is 1.07 bits per heavy atom. The predicted molar refractivity (Wildman–Crippen MR) is 96.2 cm³/mol. The summed E-state index contributed by atoms with van der Waals surface area (Å²) in [5.74, 6) is -1.10. The number of halogens is 2. The summed E-state index contributed by atoms with van der Waals surface area (Å²) in [5, 5.41) is 0. The van der Waals surface area contributed by atoms with E-state index in [9.17, 15) is 18.4 Å². The summed E-state index contributed by atoms with van der Waals surface area (Å²) < 4.78 is 43.7. The molecule has 2 rings (SSSR count). The zero-order chi connectivity index (χ0) is 20.5. The van der Waals surface area contributed by atoms with Crippen molar-refractivity contribution < 1.29 is 37.3 Å². The highest BCUT2D eigenvalue weighted by atomic mass is 19.3. The van der Waals surface area contributed by atoms with Crippen molar-refractivity contribution in [2.75, 3.05) is 14.2 Å². The standard InChI is InChI=1S/C20H18F2O6/c1-25-17-11-13(6-8-16(17)28-20(21)22)7-9-18(23)27-12-14-4-3-5-15(10-14)19(24)26-2/h3-11,20H,12H2,1-2H3/b9-7+. The zero-order valence-electron chi connectivity index (χ0n) is 15.2. The van der Waals surface area contributed by atoms with Crippen molar-refractivity contribution in [2.45, 2.75) is 13.2 Å². The monoisotopic (exact) mass is 392 g/mol. The fourth-order valence-electron chi connectivity index (χ4n) is 2.25. The summed E-state index contributed by atoms with van der Waals surface area (Å²) in [4.78, 5) is 23.4. The molecule has 0 saturated carbocycles. The number of ether oxygens (including phenoxy) is 4. The van der Waals surface area contributed by atoms with Gasteiger partial charge < -0.3 is 18.9 Å². The quantitative estimate of drug-likeness (QED) is 0.502. The normalized spacial score (nSPS) is 10.8. The van der Waals surface area contributed by atoms with Gasteiger partial charge in [0.15, 0.2) is 11.5 Å². The summed E-state index contributed by atoms with van der Waals surface area (Å²) >= 11 is 0. The van der Waals surface area contributed by atoms with Crippen molar-refractivity contribution in [3.63, 3.8) is 0 Å². The summed E-state index contributed by atoms with van der Waals surface area (Å²) in [7, 11) is 2.60. The average Bonchev–Trinajstić information content (AvgIpc) is 2.70. The first-order valence-electron chi connectivity index (χ1n) is 8.08. The number of alkyl halides is 2. The molecule has 0 bridgehead atoms. The van der Waals surface area contributed by atoms with Gasteiger partial charge in [0.1, 0.15) is 6.61 Å². The van der Waals surface area contributed by atoms with E-state index in [1.165, 1.54) is 44.6 Å². The van der Waals surface area contributed by atoms with Crippen LogP contribution in [0.25, 0.3) is 6.08 Å². The van der Waals surface area contributed by atoms with Crippen molar-refractivity contribution in [1.82, 2.24) is 0 Å². The third-order valence-electron chi connectivity index (χ3n) is 3.54. The molecule has 0 radical (unpaired) electrons. The second-order valence-corrected chi connectivity index (χ2v) is 5.42. The minimum atomic E-state index is -2.97. The molecule has 0 amide bonds. The van der Waals surface area contributed by atoms with E-state index in [2.05, 4.69) is 9.47 Å². The van der Waals surface area contributed by atoms with Crippen molar-refractivity contribution in [3.05, 3.63) is 65.2 Å². The maximum Gasteiger partial charge on any atom is 0.387 e. The first-order valence-corrected chi connectivity index (χ1v) is 8.08. The topological polar surface area (TPSA) is 71.1 Å². The van der Waals surface area contributed by atoms with Crippen LogP contribution in [-0.2, 0) is 20.9 Å². The van der Waals surface area contributed by atoms with Crippen LogP contribution in [0.4, 0.5) is 8.78 Å². The van der Waals surface area contributed by atoms with Crippen LogP contribution in [0.3, 0.4) is 0 Å². The second-order valence-electron chi connectivity index (χ2n) is 5.42. The molecular formula is C20H18F2O6. The number of benzene rings is 2. The Morgan fingerprint density at radius 2 is 1.86 bits per heavy atom. The zero-order valence-corrected chi connectivity index (χ0v) is 15.2. The molecule has 2 aromatic carbocycles. The number of hydrogen-bond donors (Lipinski definition) is 0. The smallest absolute Gasteiger partial charge is 0.387 e. The first-order chi connectivity index (χ1) is 13.4. The van der Waals surface area contributed by atoms with Crippen LogP contribution in [-0.4, -0.2) is 32.8 Å². The van der Waals surface area contributed by atoms with Gasteiger partial charge in [-0.15, -0.1) is 0 Å². The lowest BCUT2D eigenvalue weighted by molar-refractivity contribution is -0.138. The number of methoxy groups -OCH3 is 2. The molecule has 0 saturated heterocycles. The van der Waals surface area contributed by atoms with E-state index in [-0.39, 0.29) is 18.1 Å². The number of carbonyl (C=O) groups excluding carboxylic acids is 2. The van der Waals surface area contributed by atoms with Crippen LogP contribution in [0.1, 0.15) is 21.5 Å². The van der Waals surface area contributed by atoms with E-state index in [0.29, 0.717) is 16.7 Å². The van der Waals surface area contributed by atoms with E-state index >= 15 is 0 Å². The minimum Gasteiger partial charge on any atom is -0.493 e. The second kappa shape index (κ2) is 10.1. The average molecular weight is 392 g/mol. The Hall–Kier alpha value is -3.42. The number of esters is 2. The third kappa shape index (κ3) is 6.08. The van der Waals surface area contributed by atoms with Gasteiger partial charge in [-0.05, 0) is 41.5 Å². The highest BCUT2D eigenvalue weighted by molar-refractivity contribution is 5.89. The molecule has 2 aromatic rings. The molecule has 28 heavy (non-hydrogen) atoms. The molecule has 0 fully saturated rings. The molecule has 6 nitrogen and oxygen atoms in total. The third-order valence-corrected chi connectivity index (χ3v) is 3.54. The van der Waals surface area contributed by atoms with Crippen LogP contribution >= 0.6 is 0 Å². The van der Waals surface area contributed by atoms with Crippen LogP contribution in [0.5, 0.6) is 11.5 Å². The molecule has 148 valence electrons. The molecule has 0 aliphatic heterocycles. The Morgan fingerprint density at radius 3 is 2.54 bits per heavy atom. The lowest BCUT2D eigenvalue weighted by Crippen LogP contribution is -2.04. The van der Waals surface area contributed by atoms with Crippen LogP contribution in [0.2, 0.25) is 0 Å². The van der Waals surface area contributed by atoms with Crippen LogP contribution in [0, 0.1) is 0 Å². The fourth-order valence-corrected chi connectivity index (χ4v) is 2.25. The van der Waals surface area contributed by atoms with Crippen molar-refractivity contribution in [3.8, 4) is 11.5 Å². The summed E-state index contributed by atoms with van der Waals surface area (Å²) in [6.07, 6.45) is 2.63. The van der Waals surface area contributed by atoms with Crippen molar-refractivity contribution in [2.24, 2.45) is 0 Å². The number of carbonyl (C=O) groups is 2. The summed E-state index contributed by atoms with van der Waals surface area (Å²) in [6.45, 7) is -3.00. The van der Waals surface area contributed by atoms with Crippen LogP contribution < -0.4 is 9.47 Å². The molecule has 0 unspecified atom stereocenters. The van der Waals surface area contributed by atoms with E-state index in [1.54, 1.807) is 24.3 Å². The van der Waals surface area contributed by atoms with Gasteiger partial charge in [-0.3, -0.25) is 0 Å². The Bertz CT molecular complexity index is 864. The Labute approximate surface area is 160 Å². The van der Waals surface area contributed by atoms with Crippen molar-refractivity contribution in [1.29, 1.82) is 0 Å². The van der Waals surface area contributed by atoms with Gasteiger partial charge in [-0.1, -0.05) is 18.2 Å². The van der Waals surface area contributed by atoms with E-state index in [1.807, 2.05) is 0 Å². The fraction of sp³-hybridized carbons (Fsp3) is 0.200. The Kier molecular flexibility index (Phi) is 7.50. The van der Waals surface area contributed by atoms with Gasteiger partial charge in [-0.2, -0.15) is 8.78 Å². The summed E-state index contributed by atoms with van der Waals surface area (Å²) in [5.41, 5.74) is 1.51. The van der Waals surface area contributed by atoms with Crippen LogP contribution in [0.15, 0.2) is 48.5 Å². The number of rotatable bonds is 8. The highest BCUT2D eigenvalue weighted by Crippen LogP contribution is 2.29. The molecule has 0 aromatic heterocycles. The largest absolute Gasteiger partial charge is 0.493 e. The van der Waals surface area contributed by atoms with Gasteiger partial charge in [0.25, 0.3) is 0 Å². The first kappa shape index (κ1) is 20.9. The summed E-state index contributed by atoms with van der Waals surface area (Å²) in [6, 6.07) is 10.8. The predicted octanol–water partition coefficient (Wildman–Crippen LogP) is 3.84. The van der Waals surface area contributed by atoms with E-state index in [4.69, 9.17) is 9.47 Å². The SMILES string of the molecule is COC(=O)c1cccc(COC(=O)/C=C/c2ccc(OC(F)F)c(OC)c2)c1. The highest BCUT2D eigenvalue weighted by Gasteiger charge is 2.11. The van der Waals surface area contributed by atoms with E-state index < -0.39 is 18.6 Å². The van der Waals surface area contributed by atoms with Crippen molar-refractivity contribution >= 4 is 18.0 Å².